The van der Waals surface area contributed by atoms with E-state index in [1.54, 1.807) is 5.56 Å². The van der Waals surface area contributed by atoms with Gasteiger partial charge in [-0.2, -0.15) is 0 Å². The van der Waals surface area contributed by atoms with E-state index in [-0.39, 0.29) is 6.04 Å². The molecule has 1 aromatic carbocycles. The summed E-state index contributed by atoms with van der Waals surface area (Å²) in [5.41, 5.74) is 9.01. The lowest BCUT2D eigenvalue weighted by Crippen LogP contribution is -2.19. The molecule has 2 N–H and O–H groups in total. The van der Waals surface area contributed by atoms with Crippen molar-refractivity contribution in [1.82, 2.24) is 0 Å². The van der Waals surface area contributed by atoms with Gasteiger partial charge < -0.3 is 5.73 Å². The Bertz CT molecular complexity index is 335. The molecule has 0 aromatic heterocycles. The second kappa shape index (κ2) is 6.20. The molecule has 1 aliphatic carbocycles. The van der Waals surface area contributed by atoms with Gasteiger partial charge in [0.25, 0.3) is 0 Å². The summed E-state index contributed by atoms with van der Waals surface area (Å²) in [5.74, 6) is 0.785. The minimum absolute atomic E-state index is 0.266. The minimum atomic E-state index is 0.266. The van der Waals surface area contributed by atoms with Crippen LogP contribution in [0.25, 0.3) is 0 Å². The molecule has 1 nitrogen and oxygen atoms in total. The molecule has 1 aromatic rings. The Kier molecular flexibility index (Phi) is 4.61. The molecule has 1 heteroatoms. The lowest BCUT2D eigenvalue weighted by molar-refractivity contribution is 0.583. The number of hydrogen-bond donors (Lipinski definition) is 1. The van der Waals surface area contributed by atoms with Crippen molar-refractivity contribution in [2.75, 3.05) is 0 Å². The van der Waals surface area contributed by atoms with Crippen LogP contribution in [0.15, 0.2) is 24.3 Å². The van der Waals surface area contributed by atoms with Gasteiger partial charge in [0, 0.05) is 6.04 Å². The summed E-state index contributed by atoms with van der Waals surface area (Å²) < 4.78 is 0. The van der Waals surface area contributed by atoms with E-state index in [4.69, 9.17) is 5.73 Å². The van der Waals surface area contributed by atoms with Gasteiger partial charge >= 0.3 is 0 Å². The zero-order chi connectivity index (χ0) is 12.1. The van der Waals surface area contributed by atoms with Crippen LogP contribution in [0, 0.1) is 0 Å². The van der Waals surface area contributed by atoms with Gasteiger partial charge in [0.15, 0.2) is 0 Å². The summed E-state index contributed by atoms with van der Waals surface area (Å²) in [6.07, 6.45) is 9.41. The number of hydrogen-bond acceptors (Lipinski definition) is 1. The maximum absolute atomic E-state index is 5.95. The van der Waals surface area contributed by atoms with Crippen LogP contribution in [0.4, 0.5) is 0 Å². The van der Waals surface area contributed by atoms with Gasteiger partial charge in [-0.1, -0.05) is 49.9 Å². The van der Waals surface area contributed by atoms with Gasteiger partial charge in [0.2, 0.25) is 0 Å². The van der Waals surface area contributed by atoms with Gasteiger partial charge in [-0.25, -0.2) is 0 Å². The molecule has 1 atom stereocenters. The molecular formula is C16H25N. The van der Waals surface area contributed by atoms with E-state index in [1.807, 2.05) is 0 Å². The van der Waals surface area contributed by atoms with E-state index >= 15 is 0 Å². The summed E-state index contributed by atoms with van der Waals surface area (Å²) in [4.78, 5) is 0. The first-order chi connectivity index (χ1) is 8.27. The molecule has 0 saturated heterocycles. The lowest BCUT2D eigenvalue weighted by atomic mass is 9.86. The normalized spacial score (nSPS) is 19.9. The Balaban J connectivity index is 2.17. The molecule has 0 amide bonds. The van der Waals surface area contributed by atoms with Crippen molar-refractivity contribution in [3.8, 4) is 0 Å². The molecule has 0 aliphatic heterocycles. The first-order valence-electron chi connectivity index (χ1n) is 7.11. The van der Waals surface area contributed by atoms with Crippen LogP contribution in [0.3, 0.4) is 0 Å². The standard InChI is InChI=1S/C16H25N/c1-13(17)12-15-10-6-7-11-16(15)14-8-4-2-3-5-9-14/h6-7,10-11,13-14H,2-5,8-9,12,17H2,1H3. The number of nitrogens with two attached hydrogens (primary N) is 1. The number of benzene rings is 1. The molecule has 1 saturated carbocycles. The fourth-order valence-electron chi connectivity index (χ4n) is 3.06. The Morgan fingerprint density at radius 3 is 2.41 bits per heavy atom. The van der Waals surface area contributed by atoms with Crippen molar-refractivity contribution in [3.05, 3.63) is 35.4 Å². The third-order valence-electron chi connectivity index (χ3n) is 3.89. The smallest absolute Gasteiger partial charge is 0.00510 e. The summed E-state index contributed by atoms with van der Waals surface area (Å²) in [7, 11) is 0. The van der Waals surface area contributed by atoms with Crippen LogP contribution >= 0.6 is 0 Å². The SMILES string of the molecule is CC(N)Cc1ccccc1C1CCCCCC1. The molecule has 0 heterocycles. The minimum Gasteiger partial charge on any atom is -0.328 e. The molecule has 1 fully saturated rings. The fourth-order valence-corrected chi connectivity index (χ4v) is 3.06. The van der Waals surface area contributed by atoms with E-state index in [1.165, 1.54) is 44.1 Å². The highest BCUT2D eigenvalue weighted by Crippen LogP contribution is 2.33. The van der Waals surface area contributed by atoms with Crippen molar-refractivity contribution >= 4 is 0 Å². The van der Waals surface area contributed by atoms with E-state index in [2.05, 4.69) is 31.2 Å². The molecule has 94 valence electrons. The first kappa shape index (κ1) is 12.6. The van der Waals surface area contributed by atoms with Crippen LogP contribution in [-0.4, -0.2) is 6.04 Å². The van der Waals surface area contributed by atoms with E-state index in [0.29, 0.717) is 0 Å². The summed E-state index contributed by atoms with van der Waals surface area (Å²) in [6.45, 7) is 2.10. The maximum Gasteiger partial charge on any atom is 0.00510 e. The maximum atomic E-state index is 5.95. The largest absolute Gasteiger partial charge is 0.328 e. The Morgan fingerprint density at radius 1 is 1.12 bits per heavy atom. The fraction of sp³-hybridized carbons (Fsp3) is 0.625. The summed E-state index contributed by atoms with van der Waals surface area (Å²) >= 11 is 0. The van der Waals surface area contributed by atoms with Gasteiger partial charge in [-0.15, -0.1) is 0 Å². The average molecular weight is 231 g/mol. The van der Waals surface area contributed by atoms with Gasteiger partial charge in [-0.05, 0) is 43.2 Å². The highest BCUT2D eigenvalue weighted by molar-refractivity contribution is 5.31. The zero-order valence-electron chi connectivity index (χ0n) is 11.0. The highest BCUT2D eigenvalue weighted by atomic mass is 14.6. The Morgan fingerprint density at radius 2 is 1.76 bits per heavy atom. The monoisotopic (exact) mass is 231 g/mol. The molecule has 0 radical (unpaired) electrons. The summed E-state index contributed by atoms with van der Waals surface area (Å²) in [5, 5.41) is 0. The van der Waals surface area contributed by atoms with Crippen LogP contribution in [0.2, 0.25) is 0 Å². The number of rotatable bonds is 3. The van der Waals surface area contributed by atoms with Crippen molar-refractivity contribution in [1.29, 1.82) is 0 Å². The molecule has 0 bridgehead atoms. The van der Waals surface area contributed by atoms with Crippen molar-refractivity contribution < 1.29 is 0 Å². The predicted molar refractivity (Wildman–Crippen MR) is 74.2 cm³/mol. The average Bonchev–Trinajstić information content (AvgIpc) is 2.57. The van der Waals surface area contributed by atoms with E-state index in [9.17, 15) is 0 Å². The molecule has 0 spiro atoms. The van der Waals surface area contributed by atoms with Gasteiger partial charge in [-0.3, -0.25) is 0 Å². The second-order valence-corrected chi connectivity index (χ2v) is 5.57. The predicted octanol–water partition coefficient (Wildman–Crippen LogP) is 4.01. The van der Waals surface area contributed by atoms with Gasteiger partial charge in [0.1, 0.15) is 0 Å². The van der Waals surface area contributed by atoms with Crippen molar-refractivity contribution in [2.24, 2.45) is 5.73 Å². The molecule has 17 heavy (non-hydrogen) atoms. The Hall–Kier alpha value is -0.820. The molecule has 1 aliphatic rings. The van der Waals surface area contributed by atoms with Crippen LogP contribution < -0.4 is 5.73 Å². The third kappa shape index (κ3) is 3.57. The van der Waals surface area contributed by atoms with Crippen molar-refractivity contribution in [2.45, 2.75) is 63.8 Å². The van der Waals surface area contributed by atoms with Crippen molar-refractivity contribution in [3.63, 3.8) is 0 Å². The molecule has 1 unspecified atom stereocenters. The molecule has 2 rings (SSSR count). The van der Waals surface area contributed by atoms with E-state index in [0.717, 1.165) is 12.3 Å². The van der Waals surface area contributed by atoms with E-state index < -0.39 is 0 Å². The second-order valence-electron chi connectivity index (χ2n) is 5.57. The third-order valence-corrected chi connectivity index (χ3v) is 3.89. The Labute approximate surface area is 105 Å². The quantitative estimate of drug-likeness (QED) is 0.781. The first-order valence-corrected chi connectivity index (χ1v) is 7.11. The topological polar surface area (TPSA) is 26.0 Å². The van der Waals surface area contributed by atoms with Crippen LogP contribution in [0.1, 0.15) is 62.5 Å². The summed E-state index contributed by atoms with van der Waals surface area (Å²) in [6, 6.07) is 9.20. The highest BCUT2D eigenvalue weighted by Gasteiger charge is 2.17. The molecular weight excluding hydrogens is 206 g/mol. The zero-order valence-corrected chi connectivity index (χ0v) is 11.0. The van der Waals surface area contributed by atoms with Crippen LogP contribution in [-0.2, 0) is 6.42 Å². The lowest BCUT2D eigenvalue weighted by Gasteiger charge is -2.19. The van der Waals surface area contributed by atoms with Crippen LogP contribution in [0.5, 0.6) is 0 Å². The van der Waals surface area contributed by atoms with Gasteiger partial charge in [0.05, 0.1) is 0 Å².